The summed E-state index contributed by atoms with van der Waals surface area (Å²) in [6, 6.07) is 4.44. The molecule has 2 rings (SSSR count). The normalized spacial score (nSPS) is 19.8. The fraction of sp³-hybridized carbons (Fsp3) is 0.533. The van der Waals surface area contributed by atoms with Gasteiger partial charge in [0, 0.05) is 6.04 Å². The van der Waals surface area contributed by atoms with Gasteiger partial charge in [0.2, 0.25) is 0 Å². The van der Waals surface area contributed by atoms with E-state index in [1.165, 1.54) is 25.0 Å². The van der Waals surface area contributed by atoms with E-state index in [2.05, 4.69) is 11.9 Å². The number of carbonyl (C=O) groups excluding carboxylic acids is 1. The number of benzene rings is 1. The number of esters is 1. The molecule has 110 valence electrons. The number of halogens is 1. The molecule has 0 aliphatic carbocycles. The van der Waals surface area contributed by atoms with Crippen LogP contribution in [0.25, 0.3) is 0 Å². The summed E-state index contributed by atoms with van der Waals surface area (Å²) in [5.74, 6) is -1.09. The molecule has 0 saturated carbocycles. The zero-order chi connectivity index (χ0) is 14.5. The first-order valence-electron chi connectivity index (χ1n) is 7.00. The zero-order valence-electron chi connectivity index (χ0n) is 11.8. The minimum atomic E-state index is -0.591. The van der Waals surface area contributed by atoms with Crippen LogP contribution in [0.15, 0.2) is 18.2 Å². The lowest BCUT2D eigenvalue weighted by Gasteiger charge is -2.32. The van der Waals surface area contributed by atoms with Crippen molar-refractivity contribution in [3.05, 3.63) is 29.6 Å². The molecule has 1 saturated heterocycles. The van der Waals surface area contributed by atoms with Gasteiger partial charge in [-0.15, -0.1) is 0 Å². The van der Waals surface area contributed by atoms with Crippen LogP contribution in [0.2, 0.25) is 0 Å². The van der Waals surface area contributed by atoms with E-state index in [-0.39, 0.29) is 11.3 Å². The molecular weight excluding hydrogens is 259 g/mol. The van der Waals surface area contributed by atoms with Gasteiger partial charge in [-0.05, 0) is 51.1 Å². The average molecular weight is 280 g/mol. The molecule has 1 fully saturated rings. The predicted molar refractivity (Wildman–Crippen MR) is 76.0 cm³/mol. The number of anilines is 1. The number of ether oxygens (including phenoxy) is 1. The fourth-order valence-corrected chi connectivity index (χ4v) is 2.53. The molecule has 20 heavy (non-hydrogen) atoms. The molecule has 1 atom stereocenters. The Balaban J connectivity index is 1.81. The van der Waals surface area contributed by atoms with Gasteiger partial charge in [-0.25, -0.2) is 9.18 Å². The Bertz CT molecular complexity index is 479. The van der Waals surface area contributed by atoms with Crippen molar-refractivity contribution >= 4 is 11.7 Å². The van der Waals surface area contributed by atoms with Crippen LogP contribution < -0.4 is 5.73 Å². The maximum atomic E-state index is 13.3. The van der Waals surface area contributed by atoms with Crippen LogP contribution in [0.4, 0.5) is 10.1 Å². The lowest BCUT2D eigenvalue weighted by Crippen LogP contribution is -2.37. The Hall–Kier alpha value is -1.62. The third-order valence-electron chi connectivity index (χ3n) is 3.84. The Morgan fingerprint density at radius 2 is 2.30 bits per heavy atom. The van der Waals surface area contributed by atoms with Crippen molar-refractivity contribution in [2.45, 2.75) is 31.7 Å². The third kappa shape index (κ3) is 3.70. The zero-order valence-corrected chi connectivity index (χ0v) is 11.8. The van der Waals surface area contributed by atoms with Crippen molar-refractivity contribution in [3.63, 3.8) is 0 Å². The van der Waals surface area contributed by atoms with E-state index in [1.807, 2.05) is 0 Å². The maximum absolute atomic E-state index is 13.3. The molecule has 1 heterocycles. The topological polar surface area (TPSA) is 55.6 Å². The van der Waals surface area contributed by atoms with E-state index < -0.39 is 11.8 Å². The number of nitrogens with two attached hydrogens (primary N) is 1. The molecule has 1 unspecified atom stereocenters. The molecule has 0 radical (unpaired) electrons. The van der Waals surface area contributed by atoms with Crippen LogP contribution in [-0.2, 0) is 4.74 Å². The van der Waals surface area contributed by atoms with Gasteiger partial charge in [-0.1, -0.05) is 6.42 Å². The number of carbonyl (C=O) groups is 1. The summed E-state index contributed by atoms with van der Waals surface area (Å²) >= 11 is 0. The monoisotopic (exact) mass is 280 g/mol. The molecule has 0 aromatic heterocycles. The molecule has 1 aliphatic heterocycles. The summed E-state index contributed by atoms with van der Waals surface area (Å²) in [4.78, 5) is 14.1. The number of rotatable bonds is 4. The molecule has 0 spiro atoms. The Labute approximate surface area is 118 Å². The molecule has 1 aromatic rings. The molecule has 4 nitrogen and oxygen atoms in total. The molecule has 0 amide bonds. The minimum Gasteiger partial charge on any atom is -0.462 e. The number of piperidine rings is 1. The summed E-state index contributed by atoms with van der Waals surface area (Å²) in [6.07, 6.45) is 4.42. The SMILES string of the molecule is CN1CCCCC1CCOC(=O)c1ccc(N)c(F)c1. The fourth-order valence-electron chi connectivity index (χ4n) is 2.53. The first-order valence-corrected chi connectivity index (χ1v) is 7.00. The lowest BCUT2D eigenvalue weighted by atomic mass is 10.0. The molecule has 1 aliphatic rings. The minimum absolute atomic E-state index is 0.0328. The first-order chi connectivity index (χ1) is 9.58. The summed E-state index contributed by atoms with van der Waals surface area (Å²) in [5, 5.41) is 0. The molecule has 5 heteroatoms. The lowest BCUT2D eigenvalue weighted by molar-refractivity contribution is 0.0449. The quantitative estimate of drug-likeness (QED) is 0.680. The summed E-state index contributed by atoms with van der Waals surface area (Å²) in [7, 11) is 2.10. The van der Waals surface area contributed by atoms with Crippen LogP contribution in [0.5, 0.6) is 0 Å². The van der Waals surface area contributed by atoms with Crippen LogP contribution in [-0.4, -0.2) is 37.1 Å². The third-order valence-corrected chi connectivity index (χ3v) is 3.84. The van der Waals surface area contributed by atoms with E-state index in [4.69, 9.17) is 10.5 Å². The number of hydrogen-bond acceptors (Lipinski definition) is 4. The van der Waals surface area contributed by atoms with Gasteiger partial charge in [-0.2, -0.15) is 0 Å². The van der Waals surface area contributed by atoms with E-state index in [0.29, 0.717) is 12.6 Å². The van der Waals surface area contributed by atoms with E-state index >= 15 is 0 Å². The van der Waals surface area contributed by atoms with E-state index in [1.54, 1.807) is 0 Å². The Morgan fingerprint density at radius 1 is 1.50 bits per heavy atom. The number of hydrogen-bond donors (Lipinski definition) is 1. The van der Waals surface area contributed by atoms with Crippen molar-refractivity contribution in [2.24, 2.45) is 0 Å². The Kier molecular flexibility index (Phi) is 4.95. The van der Waals surface area contributed by atoms with Gasteiger partial charge < -0.3 is 15.4 Å². The maximum Gasteiger partial charge on any atom is 0.338 e. The van der Waals surface area contributed by atoms with E-state index in [9.17, 15) is 9.18 Å². The standard InChI is InChI=1S/C15H21FN2O2/c1-18-8-3-2-4-12(18)7-9-20-15(19)11-5-6-14(17)13(16)10-11/h5-6,10,12H,2-4,7-9,17H2,1H3. The van der Waals surface area contributed by atoms with Crippen molar-refractivity contribution in [1.82, 2.24) is 4.90 Å². The first kappa shape index (κ1) is 14.8. The van der Waals surface area contributed by atoms with Crippen molar-refractivity contribution in [3.8, 4) is 0 Å². The predicted octanol–water partition coefficient (Wildman–Crippen LogP) is 2.44. The highest BCUT2D eigenvalue weighted by Crippen LogP contribution is 2.18. The van der Waals surface area contributed by atoms with Crippen molar-refractivity contribution < 1.29 is 13.9 Å². The Morgan fingerprint density at radius 3 is 3.00 bits per heavy atom. The van der Waals surface area contributed by atoms with Crippen LogP contribution in [0, 0.1) is 5.82 Å². The summed E-state index contributed by atoms with van der Waals surface area (Å²) in [6.45, 7) is 1.46. The van der Waals surface area contributed by atoms with Crippen LogP contribution >= 0.6 is 0 Å². The summed E-state index contributed by atoms with van der Waals surface area (Å²) in [5.41, 5.74) is 5.60. The highest BCUT2D eigenvalue weighted by atomic mass is 19.1. The van der Waals surface area contributed by atoms with Crippen LogP contribution in [0.3, 0.4) is 0 Å². The number of likely N-dealkylation sites (tertiary alicyclic amines) is 1. The van der Waals surface area contributed by atoms with Crippen molar-refractivity contribution in [1.29, 1.82) is 0 Å². The molecular formula is C15H21FN2O2. The van der Waals surface area contributed by atoms with Gasteiger partial charge in [0.25, 0.3) is 0 Å². The van der Waals surface area contributed by atoms with Gasteiger partial charge >= 0.3 is 5.97 Å². The van der Waals surface area contributed by atoms with Gasteiger partial charge in [-0.3, -0.25) is 0 Å². The van der Waals surface area contributed by atoms with Crippen molar-refractivity contribution in [2.75, 3.05) is 25.9 Å². The second kappa shape index (κ2) is 6.70. The van der Waals surface area contributed by atoms with Gasteiger partial charge in [0.1, 0.15) is 5.82 Å². The van der Waals surface area contributed by atoms with Gasteiger partial charge in [0.15, 0.2) is 0 Å². The summed E-state index contributed by atoms with van der Waals surface area (Å²) < 4.78 is 18.5. The van der Waals surface area contributed by atoms with Gasteiger partial charge in [0.05, 0.1) is 17.9 Å². The smallest absolute Gasteiger partial charge is 0.338 e. The largest absolute Gasteiger partial charge is 0.462 e. The second-order valence-corrected chi connectivity index (χ2v) is 5.29. The highest BCUT2D eigenvalue weighted by molar-refractivity contribution is 5.89. The molecule has 1 aromatic carbocycles. The second-order valence-electron chi connectivity index (χ2n) is 5.29. The molecule has 2 N–H and O–H groups in total. The molecule has 0 bridgehead atoms. The average Bonchev–Trinajstić information content (AvgIpc) is 2.44. The highest BCUT2D eigenvalue weighted by Gasteiger charge is 2.19. The van der Waals surface area contributed by atoms with Crippen LogP contribution in [0.1, 0.15) is 36.0 Å². The number of nitrogens with zero attached hydrogens (tertiary/aromatic N) is 1. The van der Waals surface area contributed by atoms with E-state index in [0.717, 1.165) is 25.5 Å². The number of nitrogen functional groups attached to an aromatic ring is 1.